The van der Waals surface area contributed by atoms with Crippen LogP contribution >= 0.6 is 0 Å². The van der Waals surface area contributed by atoms with Gasteiger partial charge in [0.1, 0.15) is 0 Å². The van der Waals surface area contributed by atoms with Gasteiger partial charge in [0.05, 0.1) is 18.0 Å². The first-order chi connectivity index (χ1) is 6.81. The highest BCUT2D eigenvalue weighted by Gasteiger charge is 2.31. The normalized spacial score (nSPS) is 31.8. The second-order valence-electron chi connectivity index (χ2n) is 4.05. The molecule has 1 unspecified atom stereocenters. The number of nitrogens with zero attached hydrogens (tertiary/aromatic N) is 2. The monoisotopic (exact) mass is 193 g/mol. The summed E-state index contributed by atoms with van der Waals surface area (Å²) >= 11 is 0. The lowest BCUT2D eigenvalue weighted by molar-refractivity contribution is -0.132. The first-order valence-corrected chi connectivity index (χ1v) is 5.23. The molecule has 0 aromatic rings. The van der Waals surface area contributed by atoms with Crippen molar-refractivity contribution in [1.82, 2.24) is 10.2 Å². The molecule has 76 valence electrons. The van der Waals surface area contributed by atoms with Gasteiger partial charge in [-0.25, -0.2) is 0 Å². The topological polar surface area (TPSA) is 56.1 Å². The summed E-state index contributed by atoms with van der Waals surface area (Å²) < 4.78 is 0. The van der Waals surface area contributed by atoms with E-state index in [0.29, 0.717) is 6.54 Å². The molecule has 14 heavy (non-hydrogen) atoms. The lowest BCUT2D eigenvalue weighted by atomic mass is 10.1. The van der Waals surface area contributed by atoms with Gasteiger partial charge in [0.15, 0.2) is 0 Å². The van der Waals surface area contributed by atoms with Gasteiger partial charge in [0.2, 0.25) is 5.91 Å². The van der Waals surface area contributed by atoms with Crippen molar-refractivity contribution in [3.8, 4) is 6.07 Å². The molecular formula is C10H15N3O. The van der Waals surface area contributed by atoms with Crippen molar-refractivity contribution in [1.29, 1.82) is 5.26 Å². The molecule has 2 saturated heterocycles. The van der Waals surface area contributed by atoms with E-state index in [1.165, 1.54) is 0 Å². The van der Waals surface area contributed by atoms with Crippen LogP contribution in [0.15, 0.2) is 0 Å². The van der Waals surface area contributed by atoms with Crippen molar-refractivity contribution < 1.29 is 4.79 Å². The molecule has 2 heterocycles. The Morgan fingerprint density at radius 3 is 2.93 bits per heavy atom. The zero-order valence-electron chi connectivity index (χ0n) is 8.20. The van der Waals surface area contributed by atoms with Crippen molar-refractivity contribution in [3.05, 3.63) is 0 Å². The molecule has 2 atom stereocenters. The average Bonchev–Trinajstić information content (AvgIpc) is 2.88. The minimum Gasteiger partial charge on any atom is -0.340 e. The van der Waals surface area contributed by atoms with E-state index < -0.39 is 0 Å². The second kappa shape index (κ2) is 3.97. The number of hydrogen-bond donors (Lipinski definition) is 1. The third-order valence-electron chi connectivity index (χ3n) is 3.04. The number of hydrogen-bond acceptors (Lipinski definition) is 3. The summed E-state index contributed by atoms with van der Waals surface area (Å²) in [5, 5.41) is 11.9. The van der Waals surface area contributed by atoms with E-state index in [1.807, 2.05) is 4.90 Å². The Labute approximate surface area is 83.9 Å². The molecule has 2 aliphatic heterocycles. The predicted molar refractivity (Wildman–Crippen MR) is 51.3 cm³/mol. The van der Waals surface area contributed by atoms with Gasteiger partial charge in [-0.3, -0.25) is 4.79 Å². The quantitative estimate of drug-likeness (QED) is 0.643. The van der Waals surface area contributed by atoms with Crippen LogP contribution in [-0.4, -0.2) is 36.5 Å². The highest BCUT2D eigenvalue weighted by atomic mass is 16.2. The summed E-state index contributed by atoms with van der Waals surface area (Å²) in [5.41, 5.74) is 0. The Balaban J connectivity index is 1.90. The average molecular weight is 193 g/mol. The minimum absolute atomic E-state index is 0.0208. The largest absolute Gasteiger partial charge is 0.340 e. The summed E-state index contributed by atoms with van der Waals surface area (Å²) in [6.07, 6.45) is 2.88. The van der Waals surface area contributed by atoms with Crippen LogP contribution in [0.3, 0.4) is 0 Å². The summed E-state index contributed by atoms with van der Waals surface area (Å²) in [6.45, 7) is 2.34. The Hall–Kier alpha value is -1.08. The zero-order valence-corrected chi connectivity index (χ0v) is 8.20. The van der Waals surface area contributed by atoms with E-state index in [4.69, 9.17) is 5.26 Å². The molecule has 1 N–H and O–H groups in total. The number of carbonyl (C=O) groups excluding carboxylic acids is 1. The predicted octanol–water partition coefficient (Wildman–Crippen LogP) is 0.110. The van der Waals surface area contributed by atoms with Crippen molar-refractivity contribution in [2.24, 2.45) is 5.92 Å². The number of rotatable bonds is 1. The Bertz CT molecular complexity index is 265. The fraction of sp³-hybridized carbons (Fsp3) is 0.800. The molecule has 0 aliphatic carbocycles. The van der Waals surface area contributed by atoms with E-state index in [1.54, 1.807) is 0 Å². The summed E-state index contributed by atoms with van der Waals surface area (Å²) in [7, 11) is 0. The molecule has 0 aromatic carbocycles. The van der Waals surface area contributed by atoms with E-state index >= 15 is 0 Å². The zero-order chi connectivity index (χ0) is 9.97. The van der Waals surface area contributed by atoms with E-state index in [9.17, 15) is 4.79 Å². The highest BCUT2D eigenvalue weighted by Crippen LogP contribution is 2.18. The first-order valence-electron chi connectivity index (χ1n) is 5.23. The molecule has 2 aliphatic rings. The summed E-state index contributed by atoms with van der Waals surface area (Å²) in [6, 6.07) is 2.25. The highest BCUT2D eigenvalue weighted by molar-refractivity contribution is 5.82. The number of nitriles is 1. The van der Waals surface area contributed by atoms with Gasteiger partial charge in [-0.05, 0) is 25.8 Å². The molecule has 0 spiro atoms. The SMILES string of the molecule is N#CC1CCN(C(=O)[C@H]2CCCN2)C1. The molecule has 0 bridgehead atoms. The van der Waals surface area contributed by atoms with Crippen LogP contribution < -0.4 is 5.32 Å². The number of carbonyl (C=O) groups is 1. The molecule has 2 rings (SSSR count). The van der Waals surface area contributed by atoms with Crippen LogP contribution in [0.4, 0.5) is 0 Å². The molecule has 0 radical (unpaired) electrons. The lowest BCUT2D eigenvalue weighted by Gasteiger charge is -2.19. The van der Waals surface area contributed by atoms with Crippen molar-refractivity contribution in [2.45, 2.75) is 25.3 Å². The van der Waals surface area contributed by atoms with Crippen LogP contribution in [0.5, 0.6) is 0 Å². The Kier molecular flexibility index (Phi) is 2.69. The maximum absolute atomic E-state index is 11.9. The summed E-state index contributed by atoms with van der Waals surface area (Å²) in [5.74, 6) is 0.251. The summed E-state index contributed by atoms with van der Waals surface area (Å²) in [4.78, 5) is 13.7. The van der Waals surface area contributed by atoms with Crippen LogP contribution in [0, 0.1) is 17.2 Å². The third-order valence-corrected chi connectivity index (χ3v) is 3.04. The number of amides is 1. The Morgan fingerprint density at radius 2 is 2.36 bits per heavy atom. The van der Waals surface area contributed by atoms with Gasteiger partial charge in [0, 0.05) is 13.1 Å². The van der Waals surface area contributed by atoms with Gasteiger partial charge in [-0.1, -0.05) is 0 Å². The Morgan fingerprint density at radius 1 is 1.50 bits per heavy atom. The van der Waals surface area contributed by atoms with Crippen LogP contribution in [0.25, 0.3) is 0 Å². The van der Waals surface area contributed by atoms with Crippen molar-refractivity contribution in [2.75, 3.05) is 19.6 Å². The fourth-order valence-electron chi connectivity index (χ4n) is 2.18. The number of nitrogens with one attached hydrogen (secondary N) is 1. The minimum atomic E-state index is 0.0208. The van der Waals surface area contributed by atoms with Gasteiger partial charge in [-0.2, -0.15) is 5.26 Å². The molecule has 0 saturated carbocycles. The van der Waals surface area contributed by atoms with Gasteiger partial charge < -0.3 is 10.2 Å². The fourth-order valence-corrected chi connectivity index (χ4v) is 2.18. The molecule has 2 fully saturated rings. The van der Waals surface area contributed by atoms with E-state index in [-0.39, 0.29) is 17.9 Å². The molecular weight excluding hydrogens is 178 g/mol. The number of likely N-dealkylation sites (tertiary alicyclic amines) is 1. The maximum Gasteiger partial charge on any atom is 0.239 e. The molecule has 4 heteroatoms. The third kappa shape index (κ3) is 1.73. The van der Waals surface area contributed by atoms with Gasteiger partial charge in [0.25, 0.3) is 0 Å². The standard InChI is InChI=1S/C10H15N3O/c11-6-8-3-5-13(7-8)10(14)9-2-1-4-12-9/h8-9,12H,1-5,7H2/t8?,9-/m1/s1. The molecule has 4 nitrogen and oxygen atoms in total. The van der Waals surface area contributed by atoms with Crippen LogP contribution in [-0.2, 0) is 4.79 Å². The van der Waals surface area contributed by atoms with E-state index in [2.05, 4.69) is 11.4 Å². The maximum atomic E-state index is 11.9. The van der Waals surface area contributed by atoms with Crippen LogP contribution in [0.2, 0.25) is 0 Å². The van der Waals surface area contributed by atoms with Crippen LogP contribution in [0.1, 0.15) is 19.3 Å². The molecule has 0 aromatic heterocycles. The first kappa shape index (κ1) is 9.47. The van der Waals surface area contributed by atoms with Crippen molar-refractivity contribution in [3.63, 3.8) is 0 Å². The smallest absolute Gasteiger partial charge is 0.239 e. The molecule has 1 amide bonds. The second-order valence-corrected chi connectivity index (χ2v) is 4.05. The van der Waals surface area contributed by atoms with Crippen molar-refractivity contribution >= 4 is 5.91 Å². The van der Waals surface area contributed by atoms with E-state index in [0.717, 1.165) is 32.4 Å². The van der Waals surface area contributed by atoms with Gasteiger partial charge >= 0.3 is 0 Å². The lowest BCUT2D eigenvalue weighted by Crippen LogP contribution is -2.42. The van der Waals surface area contributed by atoms with Gasteiger partial charge in [-0.15, -0.1) is 0 Å².